The average Bonchev–Trinajstić information content (AvgIpc) is 2.63. The number of hydrogen-bond donors (Lipinski definition) is 1. The van der Waals surface area contributed by atoms with E-state index in [4.69, 9.17) is 17.3 Å². The molecule has 1 aromatic rings. The van der Waals surface area contributed by atoms with E-state index in [1.165, 1.54) is 0 Å². The number of halogens is 4. The molecule has 2 N–H and O–H groups in total. The summed E-state index contributed by atoms with van der Waals surface area (Å²) >= 11 is 5.73. The van der Waals surface area contributed by atoms with Crippen molar-refractivity contribution in [1.82, 2.24) is 0 Å². The summed E-state index contributed by atoms with van der Waals surface area (Å²) in [6.45, 7) is 3.88. The molecule has 0 aliphatic heterocycles. The number of rotatable bonds is 1. The average molecular weight is 264 g/mol. The van der Waals surface area contributed by atoms with Gasteiger partial charge in [-0.1, -0.05) is 25.4 Å². The van der Waals surface area contributed by atoms with Crippen LogP contribution in [0.4, 0.5) is 13.2 Å². The van der Waals surface area contributed by atoms with E-state index in [9.17, 15) is 13.2 Å². The van der Waals surface area contributed by atoms with Crippen molar-refractivity contribution in [3.63, 3.8) is 0 Å². The molecule has 0 aromatic heterocycles. The van der Waals surface area contributed by atoms with Gasteiger partial charge in [-0.25, -0.2) is 0 Å². The van der Waals surface area contributed by atoms with Gasteiger partial charge in [0.2, 0.25) is 0 Å². The molecule has 2 atom stereocenters. The lowest BCUT2D eigenvalue weighted by atomic mass is 10.0. The van der Waals surface area contributed by atoms with Crippen molar-refractivity contribution in [2.24, 2.45) is 11.1 Å². The summed E-state index contributed by atoms with van der Waals surface area (Å²) in [5, 5.41) is 0.102. The molecule has 1 aliphatic carbocycles. The lowest BCUT2D eigenvalue weighted by Gasteiger charge is -2.10. The first kappa shape index (κ1) is 12.7. The van der Waals surface area contributed by atoms with Gasteiger partial charge >= 0.3 is 6.18 Å². The Balaban J connectivity index is 2.41. The van der Waals surface area contributed by atoms with Gasteiger partial charge in [-0.15, -0.1) is 0 Å². The molecule has 0 bridgehead atoms. The SMILES string of the molecule is CC1(C)[C@H](N)[C@H]1c1cc(Cl)cc(C(F)(F)F)c1. The molecular weight excluding hydrogens is 251 g/mol. The first-order chi connectivity index (χ1) is 7.64. The third-order valence-electron chi connectivity index (χ3n) is 3.52. The van der Waals surface area contributed by atoms with E-state index in [2.05, 4.69) is 0 Å². The Bertz CT molecular complexity index is 454. The van der Waals surface area contributed by atoms with Crippen molar-refractivity contribution in [2.75, 3.05) is 0 Å². The third-order valence-corrected chi connectivity index (χ3v) is 3.74. The van der Waals surface area contributed by atoms with Crippen molar-refractivity contribution in [3.05, 3.63) is 34.3 Å². The lowest BCUT2D eigenvalue weighted by Crippen LogP contribution is -2.07. The Morgan fingerprint density at radius 3 is 2.18 bits per heavy atom. The Labute approximate surface area is 103 Å². The van der Waals surface area contributed by atoms with E-state index < -0.39 is 11.7 Å². The normalized spacial score (nSPS) is 27.0. The molecule has 0 unspecified atom stereocenters. The molecule has 0 radical (unpaired) electrons. The van der Waals surface area contributed by atoms with Crippen molar-refractivity contribution in [2.45, 2.75) is 32.0 Å². The van der Waals surface area contributed by atoms with Gasteiger partial charge in [0.15, 0.2) is 0 Å². The molecule has 1 aromatic carbocycles. The fourth-order valence-electron chi connectivity index (χ4n) is 2.27. The summed E-state index contributed by atoms with van der Waals surface area (Å²) < 4.78 is 37.9. The molecule has 1 aliphatic rings. The van der Waals surface area contributed by atoms with Crippen LogP contribution < -0.4 is 5.73 Å². The van der Waals surface area contributed by atoms with Crippen molar-refractivity contribution < 1.29 is 13.2 Å². The monoisotopic (exact) mass is 263 g/mol. The fourth-order valence-corrected chi connectivity index (χ4v) is 2.51. The van der Waals surface area contributed by atoms with Crippen molar-refractivity contribution in [1.29, 1.82) is 0 Å². The summed E-state index contributed by atoms with van der Waals surface area (Å²) in [5.74, 6) is -0.0534. The summed E-state index contributed by atoms with van der Waals surface area (Å²) in [7, 11) is 0. The van der Waals surface area contributed by atoms with Crippen LogP contribution in [0.3, 0.4) is 0 Å². The number of alkyl halides is 3. The molecule has 5 heteroatoms. The summed E-state index contributed by atoms with van der Waals surface area (Å²) in [5.41, 5.74) is 5.56. The molecule has 0 saturated heterocycles. The van der Waals surface area contributed by atoms with Gasteiger partial charge in [0, 0.05) is 17.0 Å². The van der Waals surface area contributed by atoms with E-state index in [1.807, 2.05) is 13.8 Å². The van der Waals surface area contributed by atoms with Gasteiger partial charge in [-0.3, -0.25) is 0 Å². The molecule has 1 fully saturated rings. The highest BCUT2D eigenvalue weighted by Gasteiger charge is 2.56. The Hall–Kier alpha value is -0.740. The van der Waals surface area contributed by atoms with Crippen LogP contribution in [0.2, 0.25) is 5.02 Å². The van der Waals surface area contributed by atoms with Crippen molar-refractivity contribution in [3.8, 4) is 0 Å². The smallest absolute Gasteiger partial charge is 0.327 e. The van der Waals surface area contributed by atoms with Crippen LogP contribution >= 0.6 is 11.6 Å². The third kappa shape index (κ3) is 2.16. The molecule has 0 amide bonds. The van der Waals surface area contributed by atoms with E-state index >= 15 is 0 Å². The van der Waals surface area contributed by atoms with Crippen LogP contribution in [-0.2, 0) is 6.18 Å². The molecule has 1 nitrogen and oxygen atoms in total. The molecule has 1 saturated carbocycles. The van der Waals surface area contributed by atoms with E-state index in [-0.39, 0.29) is 22.4 Å². The zero-order chi connectivity index (χ0) is 13.0. The maximum atomic E-state index is 12.6. The maximum Gasteiger partial charge on any atom is 0.416 e. The Kier molecular flexibility index (Phi) is 2.71. The van der Waals surface area contributed by atoms with Gasteiger partial charge in [-0.05, 0) is 29.2 Å². The zero-order valence-corrected chi connectivity index (χ0v) is 10.2. The Morgan fingerprint density at radius 1 is 1.24 bits per heavy atom. The standard InChI is InChI=1S/C12H13ClF3N/c1-11(2)9(10(11)17)6-3-7(12(14,15)16)5-8(13)4-6/h3-5,9-10H,17H2,1-2H3/t9-,10-/m1/s1. The Morgan fingerprint density at radius 2 is 1.76 bits per heavy atom. The van der Waals surface area contributed by atoms with Crippen molar-refractivity contribution >= 4 is 11.6 Å². The minimum absolute atomic E-state index is 0.0534. The number of benzene rings is 1. The highest BCUT2D eigenvalue weighted by atomic mass is 35.5. The number of hydrogen-bond acceptors (Lipinski definition) is 1. The zero-order valence-electron chi connectivity index (χ0n) is 9.48. The first-order valence-electron chi connectivity index (χ1n) is 5.27. The molecule has 94 valence electrons. The molecular formula is C12H13ClF3N. The van der Waals surface area contributed by atoms with Crippen LogP contribution in [0.15, 0.2) is 18.2 Å². The van der Waals surface area contributed by atoms with Gasteiger partial charge in [0.25, 0.3) is 0 Å². The van der Waals surface area contributed by atoms with Gasteiger partial charge in [-0.2, -0.15) is 13.2 Å². The predicted molar refractivity (Wildman–Crippen MR) is 61.0 cm³/mol. The first-order valence-corrected chi connectivity index (χ1v) is 5.65. The molecule has 17 heavy (non-hydrogen) atoms. The maximum absolute atomic E-state index is 12.6. The largest absolute Gasteiger partial charge is 0.416 e. The second kappa shape index (κ2) is 3.62. The van der Waals surface area contributed by atoms with Crippen LogP contribution in [0.25, 0.3) is 0 Å². The fraction of sp³-hybridized carbons (Fsp3) is 0.500. The van der Waals surface area contributed by atoms with Gasteiger partial charge in [0.05, 0.1) is 5.56 Å². The minimum Gasteiger partial charge on any atom is -0.327 e. The quantitative estimate of drug-likeness (QED) is 0.819. The summed E-state index contributed by atoms with van der Waals surface area (Å²) in [6, 6.07) is 3.54. The molecule has 0 spiro atoms. The lowest BCUT2D eigenvalue weighted by molar-refractivity contribution is -0.137. The molecule has 2 rings (SSSR count). The van der Waals surface area contributed by atoms with E-state index in [1.54, 1.807) is 6.07 Å². The topological polar surface area (TPSA) is 26.0 Å². The second-order valence-electron chi connectivity index (χ2n) is 5.10. The van der Waals surface area contributed by atoms with Gasteiger partial charge < -0.3 is 5.73 Å². The van der Waals surface area contributed by atoms with Crippen LogP contribution in [-0.4, -0.2) is 6.04 Å². The van der Waals surface area contributed by atoms with Crippen LogP contribution in [0.1, 0.15) is 30.9 Å². The summed E-state index contributed by atoms with van der Waals surface area (Å²) in [4.78, 5) is 0. The highest BCUT2D eigenvalue weighted by Crippen LogP contribution is 2.57. The van der Waals surface area contributed by atoms with Gasteiger partial charge in [0.1, 0.15) is 0 Å². The predicted octanol–water partition coefficient (Wildman–Crippen LogP) is 3.81. The highest BCUT2D eigenvalue weighted by molar-refractivity contribution is 6.30. The van der Waals surface area contributed by atoms with E-state index in [0.717, 1.165) is 12.1 Å². The summed E-state index contributed by atoms with van der Waals surface area (Å²) in [6.07, 6.45) is -4.37. The van der Waals surface area contributed by atoms with Crippen LogP contribution in [0.5, 0.6) is 0 Å². The van der Waals surface area contributed by atoms with E-state index in [0.29, 0.717) is 5.56 Å². The minimum atomic E-state index is -4.37. The van der Waals surface area contributed by atoms with Crippen LogP contribution in [0, 0.1) is 5.41 Å². The second-order valence-corrected chi connectivity index (χ2v) is 5.53. The molecule has 0 heterocycles. The number of nitrogens with two attached hydrogens (primary N) is 1.